The second-order valence-electron chi connectivity index (χ2n) is 8.64. The molecule has 1 atom stereocenters. The van der Waals surface area contributed by atoms with Crippen molar-refractivity contribution in [1.82, 2.24) is 19.2 Å². The van der Waals surface area contributed by atoms with Crippen LogP contribution >= 0.6 is 0 Å². The monoisotopic (exact) mass is 475 g/mol. The van der Waals surface area contributed by atoms with Crippen molar-refractivity contribution in [3.63, 3.8) is 0 Å². The normalized spacial score (nSPS) is 16.6. The number of pyridine rings is 2. The summed E-state index contributed by atoms with van der Waals surface area (Å²) in [5, 5.41) is 12.9. The van der Waals surface area contributed by atoms with Crippen LogP contribution in [0.5, 0.6) is 0 Å². The van der Waals surface area contributed by atoms with Crippen molar-refractivity contribution in [3.05, 3.63) is 53.5 Å². The Kier molecular flexibility index (Phi) is 6.55. The lowest BCUT2D eigenvalue weighted by atomic mass is 9.99. The third kappa shape index (κ3) is 4.74. The zero-order valence-electron chi connectivity index (χ0n) is 19.4. The lowest BCUT2D eigenvalue weighted by molar-refractivity contribution is -0.149. The zero-order chi connectivity index (χ0) is 24.6. The number of alkyl halides is 3. The number of carboxylic acids is 1. The first-order valence-electron chi connectivity index (χ1n) is 11.1. The number of hydrogen-bond acceptors (Lipinski definition) is 5. The molecule has 34 heavy (non-hydrogen) atoms. The maximum absolute atomic E-state index is 12.8. The zero-order valence-corrected chi connectivity index (χ0v) is 19.4. The van der Waals surface area contributed by atoms with E-state index in [-0.39, 0.29) is 11.6 Å². The fourth-order valence-electron chi connectivity index (χ4n) is 4.82. The maximum Gasteiger partial charge on any atom is 0.401 e. The first-order valence-corrected chi connectivity index (χ1v) is 11.1. The van der Waals surface area contributed by atoms with Gasteiger partial charge in [-0.15, -0.1) is 0 Å². The second kappa shape index (κ2) is 9.27. The first kappa shape index (κ1) is 24.0. The van der Waals surface area contributed by atoms with E-state index in [2.05, 4.69) is 15.2 Å². The highest BCUT2D eigenvalue weighted by Crippen LogP contribution is 2.34. The molecule has 0 aromatic carbocycles. The first-order chi connectivity index (χ1) is 16.1. The van der Waals surface area contributed by atoms with Crippen molar-refractivity contribution < 1.29 is 23.1 Å². The fourth-order valence-corrected chi connectivity index (χ4v) is 4.82. The van der Waals surface area contributed by atoms with Crippen LogP contribution in [-0.4, -0.2) is 76.2 Å². The molecule has 10 heteroatoms. The van der Waals surface area contributed by atoms with E-state index < -0.39 is 18.7 Å². The summed E-state index contributed by atoms with van der Waals surface area (Å²) in [6.07, 6.45) is -0.594. The summed E-state index contributed by atoms with van der Waals surface area (Å²) in [4.78, 5) is 19.9. The molecule has 0 amide bonds. The van der Waals surface area contributed by atoms with Gasteiger partial charge < -0.3 is 14.8 Å². The molecule has 3 aromatic heterocycles. The van der Waals surface area contributed by atoms with Gasteiger partial charge in [-0.1, -0.05) is 0 Å². The highest BCUT2D eigenvalue weighted by molar-refractivity contribution is 5.94. The Morgan fingerprint density at radius 3 is 2.53 bits per heavy atom. The molecule has 7 nitrogen and oxygen atoms in total. The number of rotatable bonds is 6. The van der Waals surface area contributed by atoms with Crippen LogP contribution in [0.1, 0.15) is 34.6 Å². The number of piperazine rings is 1. The molecular weight excluding hydrogens is 447 g/mol. The molecule has 182 valence electrons. The Morgan fingerprint density at radius 2 is 1.91 bits per heavy atom. The predicted molar refractivity (Wildman–Crippen MR) is 124 cm³/mol. The molecule has 4 rings (SSSR count). The van der Waals surface area contributed by atoms with E-state index in [9.17, 15) is 23.1 Å². The molecule has 1 aliphatic heterocycles. The number of hydrogen-bond donors (Lipinski definition) is 2. The highest BCUT2D eigenvalue weighted by Gasteiger charge is 2.33. The number of anilines is 1. The van der Waals surface area contributed by atoms with Crippen LogP contribution in [0, 0.1) is 6.92 Å². The molecule has 1 unspecified atom stereocenters. The van der Waals surface area contributed by atoms with Gasteiger partial charge in [-0.25, -0.2) is 9.78 Å². The van der Waals surface area contributed by atoms with E-state index >= 15 is 0 Å². The topological polar surface area (TPSA) is 73.1 Å². The molecule has 1 fully saturated rings. The van der Waals surface area contributed by atoms with Crippen molar-refractivity contribution in [2.45, 2.75) is 26.1 Å². The Balaban J connectivity index is 1.73. The van der Waals surface area contributed by atoms with Gasteiger partial charge in [0, 0.05) is 62.9 Å². The molecule has 3 aromatic rings. The molecule has 0 bridgehead atoms. The molecule has 1 aliphatic rings. The third-order valence-corrected chi connectivity index (χ3v) is 6.57. The Morgan fingerprint density at radius 1 is 1.21 bits per heavy atom. The molecule has 0 radical (unpaired) electrons. The molecule has 1 saturated heterocycles. The summed E-state index contributed by atoms with van der Waals surface area (Å²) < 4.78 is 40.3. The average Bonchev–Trinajstić information content (AvgIpc) is 3.21. The number of aromatic nitrogens is 2. The lowest BCUT2D eigenvalue weighted by Gasteiger charge is -2.39. The quantitative estimate of drug-likeness (QED) is 0.554. The Labute approximate surface area is 195 Å². The van der Waals surface area contributed by atoms with Gasteiger partial charge in [0.05, 0.1) is 17.6 Å². The van der Waals surface area contributed by atoms with Gasteiger partial charge >= 0.3 is 12.1 Å². The average molecular weight is 476 g/mol. The summed E-state index contributed by atoms with van der Waals surface area (Å²) in [5.74, 6) is -0.311. The number of carbonyl (C=O) groups is 1. The van der Waals surface area contributed by atoms with Gasteiger partial charge in [0.1, 0.15) is 5.82 Å². The standard InChI is InChI=1S/C24H28F3N5O2/c1-15-19(23(33)34)13-20-18(17-4-6-29-21(12-17)28-3)5-7-32(20)22(15)16(2)31-10-8-30(9-11-31)14-24(25,26)27/h4-7,12-13,16H,8-11,14H2,1-3H3,(H,28,29)(H,33,34). The van der Waals surface area contributed by atoms with Gasteiger partial charge in [0.2, 0.25) is 0 Å². The maximum atomic E-state index is 12.8. The third-order valence-electron chi connectivity index (χ3n) is 6.57. The van der Waals surface area contributed by atoms with Gasteiger partial charge in [0.15, 0.2) is 0 Å². The van der Waals surface area contributed by atoms with E-state index in [1.807, 2.05) is 35.7 Å². The summed E-state index contributed by atoms with van der Waals surface area (Å²) >= 11 is 0. The SMILES string of the molecule is CNc1cc(-c2ccn3c(C(C)N4CCN(CC(F)(F)F)CC4)c(C)c(C(=O)O)cc23)ccn1. The van der Waals surface area contributed by atoms with Crippen molar-refractivity contribution in [2.75, 3.05) is 45.1 Å². The highest BCUT2D eigenvalue weighted by atomic mass is 19.4. The van der Waals surface area contributed by atoms with Gasteiger partial charge in [0.25, 0.3) is 0 Å². The minimum absolute atomic E-state index is 0.180. The number of carboxylic acid groups (broad SMARTS) is 1. The fraction of sp³-hybridized carbons (Fsp3) is 0.417. The second-order valence-corrected chi connectivity index (χ2v) is 8.64. The van der Waals surface area contributed by atoms with Crippen LogP contribution in [-0.2, 0) is 0 Å². The lowest BCUT2D eigenvalue weighted by Crippen LogP contribution is -2.49. The Hall–Kier alpha value is -3.11. The van der Waals surface area contributed by atoms with Crippen molar-refractivity contribution >= 4 is 17.3 Å². The minimum Gasteiger partial charge on any atom is -0.478 e. The number of fused-ring (bicyclic) bond motifs is 1. The summed E-state index contributed by atoms with van der Waals surface area (Å²) in [7, 11) is 1.78. The van der Waals surface area contributed by atoms with E-state index in [0.717, 1.165) is 22.3 Å². The van der Waals surface area contributed by atoms with Crippen molar-refractivity contribution in [2.24, 2.45) is 0 Å². The molecule has 0 saturated carbocycles. The smallest absolute Gasteiger partial charge is 0.401 e. The van der Waals surface area contributed by atoms with Crippen LogP contribution < -0.4 is 5.32 Å². The van der Waals surface area contributed by atoms with Crippen LogP contribution in [0.25, 0.3) is 16.6 Å². The Bertz CT molecular complexity index is 1200. The van der Waals surface area contributed by atoms with Gasteiger partial charge in [-0.2, -0.15) is 13.2 Å². The van der Waals surface area contributed by atoms with Crippen molar-refractivity contribution in [1.29, 1.82) is 0 Å². The van der Waals surface area contributed by atoms with E-state index in [1.54, 1.807) is 26.2 Å². The molecule has 0 spiro atoms. The molecule has 2 N–H and O–H groups in total. The van der Waals surface area contributed by atoms with E-state index in [1.165, 1.54) is 4.90 Å². The summed E-state index contributed by atoms with van der Waals surface area (Å²) in [5.41, 5.74) is 4.24. The van der Waals surface area contributed by atoms with Gasteiger partial charge in [-0.05, 0) is 49.2 Å². The summed E-state index contributed by atoms with van der Waals surface area (Å²) in [6.45, 7) is 4.43. The van der Waals surface area contributed by atoms with E-state index in [0.29, 0.717) is 37.6 Å². The number of halogens is 3. The minimum atomic E-state index is -4.21. The molecule has 0 aliphatic carbocycles. The largest absolute Gasteiger partial charge is 0.478 e. The number of nitrogens with one attached hydrogen (secondary N) is 1. The number of aromatic carboxylic acids is 1. The predicted octanol–water partition coefficient (Wildman–Crippen LogP) is 4.29. The van der Waals surface area contributed by atoms with E-state index in [4.69, 9.17) is 0 Å². The van der Waals surface area contributed by atoms with Crippen molar-refractivity contribution in [3.8, 4) is 11.1 Å². The summed E-state index contributed by atoms with van der Waals surface area (Å²) in [6, 6.07) is 7.23. The molecule has 4 heterocycles. The molecular formula is C24H28F3N5O2. The van der Waals surface area contributed by atoms with Gasteiger partial charge in [-0.3, -0.25) is 9.80 Å². The van der Waals surface area contributed by atoms with Crippen LogP contribution in [0.15, 0.2) is 36.7 Å². The number of nitrogens with zero attached hydrogens (tertiary/aromatic N) is 4. The van der Waals surface area contributed by atoms with Crippen LogP contribution in [0.3, 0.4) is 0 Å². The van der Waals surface area contributed by atoms with Crippen LogP contribution in [0.4, 0.5) is 19.0 Å². The van der Waals surface area contributed by atoms with Crippen LogP contribution in [0.2, 0.25) is 0 Å².